The summed E-state index contributed by atoms with van der Waals surface area (Å²) in [5.74, 6) is 1.14. The molecule has 0 saturated heterocycles. The molecule has 0 aromatic rings. The van der Waals surface area contributed by atoms with E-state index in [-0.39, 0.29) is 0 Å². The van der Waals surface area contributed by atoms with Crippen molar-refractivity contribution in [1.29, 1.82) is 0 Å². The lowest BCUT2D eigenvalue weighted by Crippen LogP contribution is -1.55. The fourth-order valence-electron chi connectivity index (χ4n) is 0.425. The van der Waals surface area contributed by atoms with Crippen molar-refractivity contribution in [2.45, 2.75) is 0 Å². The highest BCUT2D eigenvalue weighted by molar-refractivity contribution is 9.11. The van der Waals surface area contributed by atoms with Gasteiger partial charge in [-0.15, -0.1) is 11.8 Å². The number of rotatable bonds is 0. The highest BCUT2D eigenvalue weighted by Crippen LogP contribution is 2.23. The molecule has 0 aromatic heterocycles. The molecule has 0 N–H and O–H groups in total. The zero-order chi connectivity index (χ0) is 5.11. The first-order valence-corrected chi connectivity index (χ1v) is 3.93. The number of thioether (sulfide) groups is 1. The van der Waals surface area contributed by atoms with E-state index >= 15 is 0 Å². The molecule has 0 nitrogen and oxygen atoms in total. The van der Waals surface area contributed by atoms with Gasteiger partial charge in [0, 0.05) is 10.7 Å². The Labute approximate surface area is 55.8 Å². The molecule has 1 heterocycles. The van der Waals surface area contributed by atoms with Gasteiger partial charge in [-0.05, 0) is 4.99 Å². The van der Waals surface area contributed by atoms with E-state index in [1.165, 1.54) is 4.91 Å². The van der Waals surface area contributed by atoms with Gasteiger partial charge in [0.15, 0.2) is 0 Å². The van der Waals surface area contributed by atoms with Gasteiger partial charge in [-0.2, -0.15) is 0 Å². The molecule has 38 valence electrons. The van der Waals surface area contributed by atoms with Gasteiger partial charge in [-0.25, -0.2) is 0 Å². The maximum atomic E-state index is 3.24. The Balaban J connectivity index is 2.59. The lowest BCUT2D eigenvalue weighted by molar-refractivity contribution is 1.83. The van der Waals surface area contributed by atoms with Crippen molar-refractivity contribution in [3.63, 3.8) is 0 Å². The standard InChI is InChI=1S/C5H5BrS/c6-4-5-2-1-3-7-5/h1-2,4H,3H2/b5-4+. The van der Waals surface area contributed by atoms with E-state index in [9.17, 15) is 0 Å². The predicted octanol–water partition coefficient (Wildman–Crippen LogP) is 2.53. The first kappa shape index (κ1) is 5.45. The zero-order valence-corrected chi connectivity index (χ0v) is 6.13. The van der Waals surface area contributed by atoms with Crippen LogP contribution in [0.1, 0.15) is 0 Å². The van der Waals surface area contributed by atoms with Crippen LogP contribution in [0.15, 0.2) is 22.0 Å². The molecule has 0 amide bonds. The monoisotopic (exact) mass is 176 g/mol. The lowest BCUT2D eigenvalue weighted by atomic mass is 10.5. The second-order valence-electron chi connectivity index (χ2n) is 1.22. The molecule has 0 bridgehead atoms. The largest absolute Gasteiger partial charge is 0.121 e. The van der Waals surface area contributed by atoms with Crippen molar-refractivity contribution in [3.05, 3.63) is 22.0 Å². The van der Waals surface area contributed by atoms with E-state index in [0.29, 0.717) is 0 Å². The van der Waals surface area contributed by atoms with Gasteiger partial charge in [-0.1, -0.05) is 28.1 Å². The number of allylic oxidation sites excluding steroid dienone is 1. The summed E-state index contributed by atoms with van der Waals surface area (Å²) in [7, 11) is 0. The molecule has 7 heavy (non-hydrogen) atoms. The van der Waals surface area contributed by atoms with Crippen molar-refractivity contribution >= 4 is 27.7 Å². The summed E-state index contributed by atoms with van der Waals surface area (Å²) in [5.41, 5.74) is 0. The predicted molar refractivity (Wildman–Crippen MR) is 38.6 cm³/mol. The van der Waals surface area contributed by atoms with Gasteiger partial charge in [0.05, 0.1) is 0 Å². The van der Waals surface area contributed by atoms with Crippen LogP contribution in [0, 0.1) is 0 Å². The third kappa shape index (κ3) is 1.35. The van der Waals surface area contributed by atoms with Crippen molar-refractivity contribution in [2.24, 2.45) is 0 Å². The second-order valence-corrected chi connectivity index (χ2v) is 2.78. The molecule has 0 saturated carbocycles. The Kier molecular flexibility index (Phi) is 2.00. The van der Waals surface area contributed by atoms with Gasteiger partial charge in [0.25, 0.3) is 0 Å². The van der Waals surface area contributed by atoms with E-state index in [1.807, 2.05) is 16.7 Å². The molecule has 0 unspecified atom stereocenters. The fourth-order valence-corrected chi connectivity index (χ4v) is 1.61. The smallest absolute Gasteiger partial charge is 0.0164 e. The third-order valence-electron chi connectivity index (χ3n) is 0.736. The number of halogens is 1. The quantitative estimate of drug-likeness (QED) is 0.547. The van der Waals surface area contributed by atoms with Crippen LogP contribution < -0.4 is 0 Å². The molecule has 1 aliphatic heterocycles. The van der Waals surface area contributed by atoms with E-state index in [4.69, 9.17) is 0 Å². The SMILES string of the molecule is Br/C=C1\C=CCS1. The van der Waals surface area contributed by atoms with E-state index in [0.717, 1.165) is 5.75 Å². The normalized spacial score (nSPS) is 24.4. The maximum absolute atomic E-state index is 3.24. The summed E-state index contributed by atoms with van der Waals surface area (Å²) in [4.78, 5) is 3.27. The minimum Gasteiger partial charge on any atom is -0.121 e. The van der Waals surface area contributed by atoms with Gasteiger partial charge >= 0.3 is 0 Å². The zero-order valence-electron chi connectivity index (χ0n) is 3.73. The average molecular weight is 177 g/mol. The van der Waals surface area contributed by atoms with Crippen LogP contribution >= 0.6 is 27.7 Å². The molecule has 0 spiro atoms. The van der Waals surface area contributed by atoms with Crippen LogP contribution in [0.25, 0.3) is 0 Å². The minimum atomic E-state index is 1.14. The van der Waals surface area contributed by atoms with Gasteiger partial charge in [-0.3, -0.25) is 0 Å². The average Bonchev–Trinajstić information content (AvgIpc) is 2.14. The molecule has 1 rings (SSSR count). The van der Waals surface area contributed by atoms with Crippen LogP contribution in [-0.4, -0.2) is 5.75 Å². The summed E-state index contributed by atoms with van der Waals surface area (Å²) in [5, 5.41) is 0. The first-order valence-electron chi connectivity index (χ1n) is 2.03. The van der Waals surface area contributed by atoms with Gasteiger partial charge in [0.2, 0.25) is 0 Å². The number of hydrogen-bond donors (Lipinski definition) is 0. The van der Waals surface area contributed by atoms with Gasteiger partial charge < -0.3 is 0 Å². The Bertz CT molecular complexity index is 112. The fraction of sp³-hybridized carbons (Fsp3) is 0.200. The molecular weight excluding hydrogens is 172 g/mol. The number of hydrogen-bond acceptors (Lipinski definition) is 1. The van der Waals surface area contributed by atoms with Crippen molar-refractivity contribution in [3.8, 4) is 0 Å². The second kappa shape index (κ2) is 2.58. The summed E-state index contributed by atoms with van der Waals surface area (Å²) in [6.45, 7) is 0. The van der Waals surface area contributed by atoms with E-state index in [1.54, 1.807) is 0 Å². The molecule has 2 heteroatoms. The van der Waals surface area contributed by atoms with Crippen molar-refractivity contribution < 1.29 is 0 Å². The first-order chi connectivity index (χ1) is 3.43. The van der Waals surface area contributed by atoms with E-state index in [2.05, 4.69) is 28.1 Å². The molecule has 0 atom stereocenters. The summed E-state index contributed by atoms with van der Waals surface area (Å²) in [6, 6.07) is 0. The highest BCUT2D eigenvalue weighted by Gasteiger charge is 1.95. The van der Waals surface area contributed by atoms with Crippen LogP contribution in [-0.2, 0) is 0 Å². The van der Waals surface area contributed by atoms with Crippen molar-refractivity contribution in [1.82, 2.24) is 0 Å². The summed E-state index contributed by atoms with van der Waals surface area (Å²) in [6.07, 6.45) is 4.26. The lowest BCUT2D eigenvalue weighted by Gasteiger charge is -1.82. The highest BCUT2D eigenvalue weighted by atomic mass is 79.9. The minimum absolute atomic E-state index is 1.14. The molecule has 1 aliphatic rings. The van der Waals surface area contributed by atoms with Gasteiger partial charge in [0.1, 0.15) is 0 Å². The Hall–Kier alpha value is 0.310. The van der Waals surface area contributed by atoms with Crippen LogP contribution in [0.3, 0.4) is 0 Å². The molecule has 0 aromatic carbocycles. The Morgan fingerprint density at radius 1 is 1.86 bits per heavy atom. The van der Waals surface area contributed by atoms with Crippen LogP contribution in [0.2, 0.25) is 0 Å². The molecular formula is C5H5BrS. The molecule has 0 fully saturated rings. The third-order valence-corrected chi connectivity index (χ3v) is 2.48. The van der Waals surface area contributed by atoms with Crippen LogP contribution in [0.4, 0.5) is 0 Å². The molecule has 0 radical (unpaired) electrons. The van der Waals surface area contributed by atoms with Crippen molar-refractivity contribution in [2.75, 3.05) is 5.75 Å². The summed E-state index contributed by atoms with van der Waals surface area (Å²) >= 11 is 5.09. The molecule has 0 aliphatic carbocycles. The Morgan fingerprint density at radius 3 is 3.00 bits per heavy atom. The Morgan fingerprint density at radius 2 is 2.71 bits per heavy atom. The van der Waals surface area contributed by atoms with E-state index < -0.39 is 0 Å². The summed E-state index contributed by atoms with van der Waals surface area (Å²) < 4.78 is 0. The topological polar surface area (TPSA) is 0 Å². The van der Waals surface area contributed by atoms with Crippen LogP contribution in [0.5, 0.6) is 0 Å². The maximum Gasteiger partial charge on any atom is 0.0164 e.